The van der Waals surface area contributed by atoms with Gasteiger partial charge in [-0.1, -0.05) is 26.0 Å². The molecule has 236 valence electrons. The Hall–Kier alpha value is -2.57. The number of hydrogen-bond acceptors (Lipinski definition) is 6. The highest BCUT2D eigenvalue weighted by Gasteiger charge is 2.51. The third-order valence-electron chi connectivity index (χ3n) is 8.62. The number of anilines is 1. The van der Waals surface area contributed by atoms with Gasteiger partial charge in [-0.2, -0.15) is 23.1 Å². The van der Waals surface area contributed by atoms with E-state index in [1.165, 1.54) is 12.1 Å². The van der Waals surface area contributed by atoms with Gasteiger partial charge in [-0.05, 0) is 61.9 Å². The van der Waals surface area contributed by atoms with E-state index in [-0.39, 0.29) is 36.2 Å². The van der Waals surface area contributed by atoms with Gasteiger partial charge in [-0.15, -0.1) is 0 Å². The zero-order valence-electron chi connectivity index (χ0n) is 24.8. The van der Waals surface area contributed by atoms with Crippen molar-refractivity contribution in [1.29, 1.82) is 0 Å². The number of alkyl halides is 5. The molecule has 1 aliphatic carbocycles. The van der Waals surface area contributed by atoms with Gasteiger partial charge >= 0.3 is 6.18 Å². The summed E-state index contributed by atoms with van der Waals surface area (Å²) in [6, 6.07) is 4.42. The van der Waals surface area contributed by atoms with Gasteiger partial charge in [0, 0.05) is 51.2 Å². The lowest BCUT2D eigenvalue weighted by Gasteiger charge is -2.49. The van der Waals surface area contributed by atoms with Crippen LogP contribution in [0, 0.1) is 12.8 Å². The first kappa shape index (κ1) is 31.8. The van der Waals surface area contributed by atoms with Crippen LogP contribution in [0.15, 0.2) is 24.3 Å². The van der Waals surface area contributed by atoms with Gasteiger partial charge < -0.3 is 14.2 Å². The van der Waals surface area contributed by atoms with Crippen LogP contribution in [0.3, 0.4) is 0 Å². The monoisotopic (exact) mass is 628 g/mol. The van der Waals surface area contributed by atoms with E-state index in [1.54, 1.807) is 0 Å². The summed E-state index contributed by atoms with van der Waals surface area (Å²) in [5.74, 6) is -1.70. The average molecular weight is 629 g/mol. The van der Waals surface area contributed by atoms with E-state index in [0.717, 1.165) is 37.4 Å². The molecule has 0 amide bonds. The molecule has 1 aromatic carbocycles. The van der Waals surface area contributed by atoms with E-state index in [9.17, 15) is 22.0 Å². The molecule has 2 aromatic heterocycles. The highest BCUT2D eigenvalue weighted by molar-refractivity contribution is 6.28. The Bertz CT molecular complexity index is 1400. The van der Waals surface area contributed by atoms with Gasteiger partial charge in [0.25, 0.3) is 0 Å². The van der Waals surface area contributed by atoms with Crippen LogP contribution >= 0.6 is 11.6 Å². The van der Waals surface area contributed by atoms with Crippen molar-refractivity contribution < 1.29 is 26.7 Å². The molecule has 2 saturated heterocycles. The van der Waals surface area contributed by atoms with Crippen molar-refractivity contribution in [3.63, 3.8) is 0 Å². The summed E-state index contributed by atoms with van der Waals surface area (Å²) in [5.41, 5.74) is 1.15. The van der Waals surface area contributed by atoms with Crippen molar-refractivity contribution in [2.24, 2.45) is 5.92 Å². The van der Waals surface area contributed by atoms with E-state index >= 15 is 0 Å². The number of aromatic nitrogens is 4. The van der Waals surface area contributed by atoms with Gasteiger partial charge in [0.15, 0.2) is 17.0 Å². The van der Waals surface area contributed by atoms with Gasteiger partial charge in [-0.3, -0.25) is 4.90 Å². The molecule has 0 bridgehead atoms. The summed E-state index contributed by atoms with van der Waals surface area (Å²) in [6.45, 7) is 10.8. The van der Waals surface area contributed by atoms with E-state index in [0.29, 0.717) is 48.7 Å². The van der Waals surface area contributed by atoms with Crippen LogP contribution in [0.4, 0.5) is 27.8 Å². The third kappa shape index (κ3) is 6.61. The second-order valence-electron chi connectivity index (χ2n) is 11.5. The Morgan fingerprint density at radius 1 is 1.07 bits per heavy atom. The molecule has 43 heavy (non-hydrogen) atoms. The summed E-state index contributed by atoms with van der Waals surface area (Å²) in [6.07, 6.45) is -2.95. The molecule has 4 heterocycles. The lowest BCUT2D eigenvalue weighted by molar-refractivity contribution is -0.137. The van der Waals surface area contributed by atoms with Crippen LogP contribution in [0.5, 0.6) is 0 Å². The molecule has 6 rings (SSSR count). The smallest absolute Gasteiger partial charge is 0.376 e. The Morgan fingerprint density at radius 3 is 2.35 bits per heavy atom. The molecule has 1 saturated carbocycles. The fourth-order valence-electron chi connectivity index (χ4n) is 6.61. The largest absolute Gasteiger partial charge is 0.416 e. The Labute approximate surface area is 253 Å². The highest BCUT2D eigenvalue weighted by Crippen LogP contribution is 2.51. The minimum atomic E-state index is -4.46. The summed E-state index contributed by atoms with van der Waals surface area (Å²) in [7, 11) is 0. The van der Waals surface area contributed by atoms with Gasteiger partial charge in [0.2, 0.25) is 11.2 Å². The Balaban J connectivity index is 0.00000180. The third-order valence-corrected chi connectivity index (χ3v) is 8.79. The number of fused-ring (bicyclic) bond motifs is 1. The summed E-state index contributed by atoms with van der Waals surface area (Å²) in [5, 5.41) is 0.106. The molecule has 3 fully saturated rings. The fourth-order valence-corrected chi connectivity index (χ4v) is 6.77. The molecule has 3 unspecified atom stereocenters. The van der Waals surface area contributed by atoms with E-state index < -0.39 is 23.7 Å². The molecular formula is C30H38ClF5N6O. The van der Waals surface area contributed by atoms with Crippen molar-refractivity contribution in [3.05, 3.63) is 46.5 Å². The zero-order chi connectivity index (χ0) is 31.1. The molecule has 3 atom stereocenters. The van der Waals surface area contributed by atoms with Crippen molar-refractivity contribution >= 4 is 28.6 Å². The summed E-state index contributed by atoms with van der Waals surface area (Å²) < 4.78 is 75.3. The standard InChI is InChI=1S/C28H32ClF5N6O.C2H6/c1-16-14-38(23(19-12-27(30,31)13-19)18-5-7-20(8-6-18)28(32,33)34)9-10-39(16)24-22-25(37-26(29)36-24)40(17(2)35-22)15-21-4-3-11-41-21;1-2/h5-8,16,19,21,23H,3-4,9-15H2,1-2H3;1-2H3. The van der Waals surface area contributed by atoms with Gasteiger partial charge in [0.05, 0.1) is 18.2 Å². The Kier molecular flexibility index (Phi) is 9.21. The van der Waals surface area contributed by atoms with Gasteiger partial charge in [0.1, 0.15) is 5.82 Å². The normalized spacial score (nSPS) is 23.6. The number of rotatable bonds is 6. The van der Waals surface area contributed by atoms with E-state index in [2.05, 4.69) is 19.8 Å². The molecule has 0 N–H and O–H groups in total. The van der Waals surface area contributed by atoms with E-state index in [1.807, 2.05) is 32.3 Å². The SMILES string of the molecule is CC.Cc1nc2c(N3CCN(C(c4ccc(C(F)(F)F)cc4)C4CC(F)(F)C4)CC3C)nc(Cl)nc2n1CC1CCCO1. The number of piperazine rings is 1. The minimum Gasteiger partial charge on any atom is -0.376 e. The summed E-state index contributed by atoms with van der Waals surface area (Å²) >= 11 is 6.40. The van der Waals surface area contributed by atoms with E-state index in [4.69, 9.17) is 21.3 Å². The highest BCUT2D eigenvalue weighted by atomic mass is 35.5. The van der Waals surface area contributed by atoms with Crippen molar-refractivity contribution in [3.8, 4) is 0 Å². The average Bonchev–Trinajstić information content (AvgIpc) is 3.57. The maximum atomic E-state index is 13.9. The predicted octanol–water partition coefficient (Wildman–Crippen LogP) is 7.31. The molecule has 0 spiro atoms. The predicted molar refractivity (Wildman–Crippen MR) is 156 cm³/mol. The lowest BCUT2D eigenvalue weighted by Crippen LogP contribution is -2.56. The lowest BCUT2D eigenvalue weighted by atomic mass is 9.73. The molecule has 3 aliphatic rings. The summed E-state index contributed by atoms with van der Waals surface area (Å²) in [4.78, 5) is 18.1. The number of aryl methyl sites for hydroxylation is 1. The fraction of sp³-hybridized carbons (Fsp3) is 0.633. The number of ether oxygens (including phenoxy) is 1. The maximum absolute atomic E-state index is 13.9. The molecule has 0 radical (unpaired) electrons. The first-order valence-corrected chi connectivity index (χ1v) is 15.3. The van der Waals surface area contributed by atoms with Crippen LogP contribution in [-0.4, -0.2) is 68.7 Å². The second kappa shape index (κ2) is 12.4. The molecule has 2 aliphatic heterocycles. The first-order valence-electron chi connectivity index (χ1n) is 15.0. The van der Waals surface area contributed by atoms with Gasteiger partial charge in [-0.25, -0.2) is 13.8 Å². The molecular weight excluding hydrogens is 591 g/mol. The Morgan fingerprint density at radius 2 is 1.77 bits per heavy atom. The maximum Gasteiger partial charge on any atom is 0.416 e. The van der Waals surface area contributed by atoms with Crippen molar-refractivity contribution in [2.45, 2.75) is 90.2 Å². The number of hydrogen-bond donors (Lipinski definition) is 0. The first-order chi connectivity index (χ1) is 20.4. The van der Waals surface area contributed by atoms with Crippen LogP contribution in [0.25, 0.3) is 11.2 Å². The molecule has 13 heteroatoms. The minimum absolute atomic E-state index is 0.0896. The van der Waals surface area contributed by atoms with Crippen molar-refractivity contribution in [1.82, 2.24) is 24.4 Å². The number of benzene rings is 1. The number of nitrogens with zero attached hydrogens (tertiary/aromatic N) is 6. The topological polar surface area (TPSA) is 59.3 Å². The van der Waals surface area contributed by atoms with Crippen molar-refractivity contribution in [2.75, 3.05) is 31.1 Å². The van der Waals surface area contributed by atoms with Crippen LogP contribution in [0.2, 0.25) is 5.28 Å². The number of halogens is 6. The zero-order valence-corrected chi connectivity index (χ0v) is 25.6. The quantitative estimate of drug-likeness (QED) is 0.211. The van der Waals surface area contributed by atoms with Crippen LogP contribution in [0.1, 0.15) is 69.4 Å². The molecule has 7 nitrogen and oxygen atoms in total. The van der Waals surface area contributed by atoms with Crippen LogP contribution in [-0.2, 0) is 17.5 Å². The molecule has 3 aromatic rings. The number of imidazole rings is 1. The van der Waals surface area contributed by atoms with Crippen LogP contribution < -0.4 is 4.90 Å². The second-order valence-corrected chi connectivity index (χ2v) is 11.9.